The standard InChI is InChI=1S/C12H14N6O/c13-12-11(16-3-4-17-12)9-8-18(5-6-19-9)10-7-14-1-2-15-10/h1-4,7,9H,5-6,8H2,(H2,13,17)/t9-/m0/s1. The minimum atomic E-state index is -0.190. The minimum absolute atomic E-state index is 0.190. The lowest BCUT2D eigenvalue weighted by atomic mass is 10.2. The summed E-state index contributed by atoms with van der Waals surface area (Å²) in [5.74, 6) is 1.24. The number of nitrogens with two attached hydrogens (primary N) is 1. The lowest BCUT2D eigenvalue weighted by Gasteiger charge is -2.33. The van der Waals surface area contributed by atoms with Gasteiger partial charge in [0.25, 0.3) is 0 Å². The van der Waals surface area contributed by atoms with Crippen molar-refractivity contribution in [1.82, 2.24) is 19.9 Å². The topological polar surface area (TPSA) is 90.1 Å². The minimum Gasteiger partial charge on any atom is -0.382 e. The van der Waals surface area contributed by atoms with Crippen LogP contribution in [0.5, 0.6) is 0 Å². The fourth-order valence-electron chi connectivity index (χ4n) is 2.08. The Morgan fingerprint density at radius 3 is 2.79 bits per heavy atom. The molecule has 0 spiro atoms. The number of hydrogen-bond acceptors (Lipinski definition) is 7. The Morgan fingerprint density at radius 2 is 2.00 bits per heavy atom. The van der Waals surface area contributed by atoms with Crippen molar-refractivity contribution in [1.29, 1.82) is 0 Å². The first kappa shape index (κ1) is 11.8. The molecule has 0 saturated carbocycles. The smallest absolute Gasteiger partial charge is 0.147 e. The highest BCUT2D eigenvalue weighted by Gasteiger charge is 2.25. The molecule has 1 aliphatic rings. The van der Waals surface area contributed by atoms with Crippen LogP contribution in [0.4, 0.5) is 11.6 Å². The molecule has 1 fully saturated rings. The van der Waals surface area contributed by atoms with Crippen molar-refractivity contribution in [3.8, 4) is 0 Å². The Balaban J connectivity index is 1.81. The number of hydrogen-bond donors (Lipinski definition) is 1. The van der Waals surface area contributed by atoms with Gasteiger partial charge in [0, 0.05) is 31.3 Å². The molecule has 0 unspecified atom stereocenters. The second-order valence-corrected chi connectivity index (χ2v) is 4.20. The van der Waals surface area contributed by atoms with Crippen LogP contribution in [0.1, 0.15) is 11.8 Å². The average molecular weight is 258 g/mol. The normalized spacial score (nSPS) is 19.4. The Bertz CT molecular complexity index is 549. The van der Waals surface area contributed by atoms with Crippen LogP contribution in [0.15, 0.2) is 31.0 Å². The summed E-state index contributed by atoms with van der Waals surface area (Å²) in [7, 11) is 0. The first-order valence-corrected chi connectivity index (χ1v) is 6.03. The van der Waals surface area contributed by atoms with Crippen LogP contribution < -0.4 is 10.6 Å². The Hall–Kier alpha value is -2.28. The van der Waals surface area contributed by atoms with Gasteiger partial charge < -0.3 is 15.4 Å². The van der Waals surface area contributed by atoms with Crippen molar-refractivity contribution >= 4 is 11.6 Å². The fraction of sp³-hybridized carbons (Fsp3) is 0.333. The largest absolute Gasteiger partial charge is 0.382 e. The van der Waals surface area contributed by atoms with Gasteiger partial charge in [-0.05, 0) is 0 Å². The Labute approximate surface area is 110 Å². The zero-order valence-electron chi connectivity index (χ0n) is 10.3. The maximum absolute atomic E-state index is 5.84. The molecule has 7 nitrogen and oxygen atoms in total. The van der Waals surface area contributed by atoms with E-state index in [2.05, 4.69) is 24.8 Å². The molecule has 0 aliphatic carbocycles. The number of rotatable bonds is 2. The van der Waals surface area contributed by atoms with Crippen LogP contribution in [0.25, 0.3) is 0 Å². The van der Waals surface area contributed by atoms with E-state index in [0.717, 1.165) is 12.4 Å². The van der Waals surface area contributed by atoms with Crippen LogP contribution in [-0.4, -0.2) is 39.6 Å². The van der Waals surface area contributed by atoms with Crippen LogP contribution in [-0.2, 0) is 4.74 Å². The van der Waals surface area contributed by atoms with Crippen molar-refractivity contribution in [2.75, 3.05) is 30.3 Å². The fourth-order valence-corrected chi connectivity index (χ4v) is 2.08. The summed E-state index contributed by atoms with van der Waals surface area (Å²) in [5.41, 5.74) is 6.51. The Kier molecular flexibility index (Phi) is 3.20. The van der Waals surface area contributed by atoms with E-state index in [9.17, 15) is 0 Å². The van der Waals surface area contributed by atoms with Gasteiger partial charge >= 0.3 is 0 Å². The van der Waals surface area contributed by atoms with Gasteiger partial charge in [-0.2, -0.15) is 0 Å². The van der Waals surface area contributed by atoms with Crippen LogP contribution in [0.3, 0.4) is 0 Å². The van der Waals surface area contributed by atoms with E-state index in [1.54, 1.807) is 31.0 Å². The molecule has 98 valence electrons. The molecule has 0 amide bonds. The molecule has 3 rings (SSSR count). The van der Waals surface area contributed by atoms with Crippen LogP contribution >= 0.6 is 0 Å². The highest BCUT2D eigenvalue weighted by atomic mass is 16.5. The van der Waals surface area contributed by atoms with Crippen molar-refractivity contribution in [3.63, 3.8) is 0 Å². The number of morpholine rings is 1. The van der Waals surface area contributed by atoms with E-state index in [1.165, 1.54) is 0 Å². The average Bonchev–Trinajstić information content (AvgIpc) is 2.49. The SMILES string of the molecule is Nc1nccnc1[C@@H]1CN(c2cnccn2)CCO1. The quantitative estimate of drug-likeness (QED) is 0.835. The second-order valence-electron chi connectivity index (χ2n) is 4.20. The third kappa shape index (κ3) is 2.45. The van der Waals surface area contributed by atoms with Gasteiger partial charge in [-0.15, -0.1) is 0 Å². The first-order valence-electron chi connectivity index (χ1n) is 6.03. The molecule has 3 heterocycles. The van der Waals surface area contributed by atoms with E-state index in [-0.39, 0.29) is 6.10 Å². The summed E-state index contributed by atoms with van der Waals surface area (Å²) < 4.78 is 5.72. The molecule has 2 aromatic rings. The predicted molar refractivity (Wildman–Crippen MR) is 69.4 cm³/mol. The lowest BCUT2D eigenvalue weighted by molar-refractivity contribution is 0.0370. The van der Waals surface area contributed by atoms with Crippen molar-refractivity contribution in [2.45, 2.75) is 6.10 Å². The van der Waals surface area contributed by atoms with Gasteiger partial charge in [0.15, 0.2) is 0 Å². The zero-order chi connectivity index (χ0) is 13.1. The maximum Gasteiger partial charge on any atom is 0.147 e. The molecule has 7 heteroatoms. The van der Waals surface area contributed by atoms with Gasteiger partial charge in [0.1, 0.15) is 23.4 Å². The number of nitrogens with zero attached hydrogens (tertiary/aromatic N) is 5. The zero-order valence-corrected chi connectivity index (χ0v) is 10.3. The van der Waals surface area contributed by atoms with E-state index in [0.29, 0.717) is 24.7 Å². The highest BCUT2D eigenvalue weighted by Crippen LogP contribution is 2.25. The highest BCUT2D eigenvalue weighted by molar-refractivity contribution is 5.40. The number of aromatic nitrogens is 4. The first-order chi connectivity index (χ1) is 9.34. The molecule has 19 heavy (non-hydrogen) atoms. The van der Waals surface area contributed by atoms with Crippen molar-refractivity contribution < 1.29 is 4.74 Å². The maximum atomic E-state index is 5.84. The summed E-state index contributed by atoms with van der Waals surface area (Å²) in [5, 5.41) is 0. The van der Waals surface area contributed by atoms with Gasteiger partial charge in [-0.3, -0.25) is 9.97 Å². The van der Waals surface area contributed by atoms with E-state index in [4.69, 9.17) is 10.5 Å². The van der Waals surface area contributed by atoms with Crippen LogP contribution in [0, 0.1) is 0 Å². The third-order valence-electron chi connectivity index (χ3n) is 3.00. The second kappa shape index (κ2) is 5.15. The molecular weight excluding hydrogens is 244 g/mol. The summed E-state index contributed by atoms with van der Waals surface area (Å²) in [4.78, 5) is 18.8. The number of nitrogen functional groups attached to an aromatic ring is 1. The van der Waals surface area contributed by atoms with Crippen LogP contribution in [0.2, 0.25) is 0 Å². The van der Waals surface area contributed by atoms with Gasteiger partial charge in [-0.1, -0.05) is 0 Å². The van der Waals surface area contributed by atoms with E-state index >= 15 is 0 Å². The molecule has 1 saturated heterocycles. The Morgan fingerprint density at radius 1 is 1.16 bits per heavy atom. The molecule has 0 aromatic carbocycles. The predicted octanol–water partition coefficient (Wildman–Crippen LogP) is 0.427. The molecular formula is C12H14N6O. The van der Waals surface area contributed by atoms with E-state index < -0.39 is 0 Å². The van der Waals surface area contributed by atoms with Gasteiger partial charge in [-0.25, -0.2) is 9.97 Å². The molecule has 1 aliphatic heterocycles. The third-order valence-corrected chi connectivity index (χ3v) is 3.00. The molecule has 1 atom stereocenters. The van der Waals surface area contributed by atoms with Crippen molar-refractivity contribution in [3.05, 3.63) is 36.7 Å². The number of ether oxygens (including phenoxy) is 1. The summed E-state index contributed by atoms with van der Waals surface area (Å²) in [6.07, 6.45) is 8.07. The summed E-state index contributed by atoms with van der Waals surface area (Å²) in [6, 6.07) is 0. The molecule has 2 N–H and O–H groups in total. The molecule has 0 radical (unpaired) electrons. The van der Waals surface area contributed by atoms with Gasteiger partial charge in [0.2, 0.25) is 0 Å². The summed E-state index contributed by atoms with van der Waals surface area (Å²) in [6.45, 7) is 2.01. The van der Waals surface area contributed by atoms with Crippen molar-refractivity contribution in [2.24, 2.45) is 0 Å². The monoisotopic (exact) mass is 258 g/mol. The number of anilines is 2. The van der Waals surface area contributed by atoms with E-state index in [1.807, 2.05) is 0 Å². The molecule has 2 aromatic heterocycles. The molecule has 0 bridgehead atoms. The summed E-state index contributed by atoms with van der Waals surface area (Å²) >= 11 is 0. The van der Waals surface area contributed by atoms with Gasteiger partial charge in [0.05, 0.1) is 19.3 Å². The lowest BCUT2D eigenvalue weighted by Crippen LogP contribution is -2.39.